The Morgan fingerprint density at radius 3 is 2.61 bits per heavy atom. The first-order valence-electron chi connectivity index (χ1n) is 10.4. The lowest BCUT2D eigenvalue weighted by atomic mass is 10.00. The van der Waals surface area contributed by atoms with Crippen LogP contribution < -0.4 is 15.2 Å². The second kappa shape index (κ2) is 9.67. The van der Waals surface area contributed by atoms with Crippen molar-refractivity contribution in [3.8, 4) is 5.69 Å². The third kappa shape index (κ3) is 5.00. The zero-order valence-electron chi connectivity index (χ0n) is 17.0. The first kappa shape index (κ1) is 21.6. The Balaban J connectivity index is 1.73. The predicted octanol–water partition coefficient (Wildman–Crippen LogP) is 2.91. The van der Waals surface area contributed by atoms with E-state index in [4.69, 9.17) is 5.10 Å². The van der Waals surface area contributed by atoms with Crippen molar-refractivity contribution in [1.82, 2.24) is 14.5 Å². The van der Waals surface area contributed by atoms with Crippen molar-refractivity contribution in [3.63, 3.8) is 0 Å². The molecule has 7 nitrogen and oxygen atoms in total. The number of aromatic nitrogens is 2. The Hall–Kier alpha value is -2.62. The zero-order valence-corrected chi connectivity index (χ0v) is 17.8. The number of hydrogen-bond acceptors (Lipinski definition) is 5. The largest absolute Gasteiger partial charge is 0.760 e. The van der Waals surface area contributed by atoms with E-state index in [1.54, 1.807) is 18.2 Å². The summed E-state index contributed by atoms with van der Waals surface area (Å²) in [6.45, 7) is 1.93. The lowest BCUT2D eigenvalue weighted by molar-refractivity contribution is 0.453. The van der Waals surface area contributed by atoms with Crippen LogP contribution in [0.4, 0.5) is 10.2 Å². The topological polar surface area (TPSA) is 90.3 Å². The third-order valence-electron chi connectivity index (χ3n) is 5.70. The fraction of sp³-hybridized carbons (Fsp3) is 0.364. The number of nitrogens with one attached hydrogen (secondary N) is 1. The van der Waals surface area contributed by atoms with Crippen LogP contribution in [0.5, 0.6) is 0 Å². The molecular formula is C22H24FN4O3S-. The Bertz CT molecular complexity index is 1140. The average Bonchev–Trinajstić information content (AvgIpc) is 3.00. The second-order valence-corrected chi connectivity index (χ2v) is 8.55. The van der Waals surface area contributed by atoms with E-state index < -0.39 is 11.3 Å². The number of rotatable bonds is 6. The summed E-state index contributed by atoms with van der Waals surface area (Å²) < 4.78 is 38.7. The molecule has 2 heterocycles. The summed E-state index contributed by atoms with van der Waals surface area (Å²) in [5.74, 6) is 0.651. The standard InChI is InChI=1S/C22H25FN4O3S/c23-17-8-10-18(11-9-17)27-22(28)20-7-2-1-6-19(20)21(25-27)26-14-4-3-5-16(15-26)12-13-24-31(29)30/h1-2,6-11,16,24H,3-5,12-15H2,(H,29,30)/p-1. The molecule has 1 saturated heterocycles. The van der Waals surface area contributed by atoms with Crippen molar-refractivity contribution < 1.29 is 13.2 Å². The summed E-state index contributed by atoms with van der Waals surface area (Å²) in [6, 6.07) is 13.1. The van der Waals surface area contributed by atoms with Gasteiger partial charge in [0.1, 0.15) is 5.82 Å². The van der Waals surface area contributed by atoms with E-state index in [0.717, 1.165) is 44.2 Å². The van der Waals surface area contributed by atoms with Crippen LogP contribution in [0.25, 0.3) is 16.5 Å². The molecule has 2 aromatic carbocycles. The van der Waals surface area contributed by atoms with E-state index in [1.165, 1.54) is 16.8 Å². The maximum Gasteiger partial charge on any atom is 0.279 e. The molecule has 1 aliphatic rings. The summed E-state index contributed by atoms with van der Waals surface area (Å²) in [5.41, 5.74) is 0.256. The number of hydrogen-bond donors (Lipinski definition) is 1. The zero-order chi connectivity index (χ0) is 21.8. The molecule has 0 bridgehead atoms. The lowest BCUT2D eigenvalue weighted by Crippen LogP contribution is -2.33. The first-order chi connectivity index (χ1) is 15.0. The summed E-state index contributed by atoms with van der Waals surface area (Å²) >= 11 is -2.26. The number of anilines is 1. The highest BCUT2D eigenvalue weighted by atomic mass is 32.2. The minimum Gasteiger partial charge on any atom is -0.760 e. The van der Waals surface area contributed by atoms with Crippen LogP contribution in [-0.4, -0.2) is 38.2 Å². The van der Waals surface area contributed by atoms with E-state index in [2.05, 4.69) is 9.62 Å². The van der Waals surface area contributed by atoms with Gasteiger partial charge in [0, 0.05) is 36.3 Å². The van der Waals surface area contributed by atoms with Gasteiger partial charge in [-0.2, -0.15) is 4.68 Å². The highest BCUT2D eigenvalue weighted by molar-refractivity contribution is 7.77. The van der Waals surface area contributed by atoms with Crippen LogP contribution in [0, 0.1) is 11.7 Å². The normalized spacial score (nSPS) is 18.1. The van der Waals surface area contributed by atoms with Crippen molar-refractivity contribution >= 4 is 27.9 Å². The van der Waals surface area contributed by atoms with Gasteiger partial charge in [-0.05, 0) is 55.5 Å². The number of halogens is 1. The minimum absolute atomic E-state index is 0.251. The Morgan fingerprint density at radius 2 is 1.87 bits per heavy atom. The molecule has 0 aliphatic carbocycles. The van der Waals surface area contributed by atoms with Crippen LogP contribution in [-0.2, 0) is 11.3 Å². The summed E-state index contributed by atoms with van der Waals surface area (Å²) in [5, 5.41) is 6.04. The van der Waals surface area contributed by atoms with Gasteiger partial charge in [-0.15, -0.1) is 5.10 Å². The maximum atomic E-state index is 13.4. The van der Waals surface area contributed by atoms with Crippen molar-refractivity contribution in [2.45, 2.75) is 25.7 Å². The van der Waals surface area contributed by atoms with Crippen molar-refractivity contribution in [1.29, 1.82) is 0 Å². The quantitative estimate of drug-likeness (QED) is 0.592. The molecule has 2 atom stereocenters. The van der Waals surface area contributed by atoms with Gasteiger partial charge in [0.2, 0.25) is 0 Å². The molecule has 0 saturated carbocycles. The third-order valence-corrected chi connectivity index (χ3v) is 6.14. The first-order valence-corrected chi connectivity index (χ1v) is 11.5. The van der Waals surface area contributed by atoms with Gasteiger partial charge in [0.25, 0.3) is 5.56 Å². The molecule has 3 aromatic rings. The molecule has 2 unspecified atom stereocenters. The van der Waals surface area contributed by atoms with Gasteiger partial charge in [0.05, 0.1) is 11.1 Å². The molecule has 0 amide bonds. The molecule has 1 N–H and O–H groups in total. The van der Waals surface area contributed by atoms with E-state index in [0.29, 0.717) is 29.4 Å². The highest BCUT2D eigenvalue weighted by Crippen LogP contribution is 2.28. The van der Waals surface area contributed by atoms with Gasteiger partial charge in [-0.25, -0.2) is 9.11 Å². The molecule has 1 aromatic heterocycles. The number of nitrogens with zero attached hydrogens (tertiary/aromatic N) is 3. The predicted molar refractivity (Wildman–Crippen MR) is 118 cm³/mol. The average molecular weight is 444 g/mol. The SMILES string of the molecule is O=c1c2ccccc2c(N2CCCCC(CCNS(=O)[O-])C2)nn1-c1ccc(F)cc1. The van der Waals surface area contributed by atoms with E-state index in [1.807, 2.05) is 18.2 Å². The van der Waals surface area contributed by atoms with Crippen LogP contribution >= 0.6 is 0 Å². The Morgan fingerprint density at radius 1 is 1.13 bits per heavy atom. The molecule has 4 rings (SSSR count). The van der Waals surface area contributed by atoms with Crippen LogP contribution in [0.2, 0.25) is 0 Å². The molecule has 9 heteroatoms. The molecule has 1 fully saturated rings. The van der Waals surface area contributed by atoms with E-state index in [9.17, 15) is 17.9 Å². The van der Waals surface area contributed by atoms with Crippen molar-refractivity contribution in [2.24, 2.45) is 5.92 Å². The van der Waals surface area contributed by atoms with Crippen LogP contribution in [0.1, 0.15) is 25.7 Å². The molecule has 0 radical (unpaired) electrons. The second-order valence-electron chi connectivity index (χ2n) is 7.79. The lowest BCUT2D eigenvalue weighted by Gasteiger charge is -2.27. The molecule has 0 spiro atoms. The molecule has 164 valence electrons. The summed E-state index contributed by atoms with van der Waals surface area (Å²) in [7, 11) is 0. The van der Waals surface area contributed by atoms with E-state index >= 15 is 0 Å². The van der Waals surface area contributed by atoms with Gasteiger partial charge < -0.3 is 9.45 Å². The Kier molecular flexibility index (Phi) is 6.74. The maximum absolute atomic E-state index is 13.4. The monoisotopic (exact) mass is 443 g/mol. The van der Waals surface area contributed by atoms with Gasteiger partial charge in [-0.1, -0.05) is 24.6 Å². The fourth-order valence-electron chi connectivity index (χ4n) is 4.17. The van der Waals surface area contributed by atoms with Gasteiger partial charge >= 0.3 is 0 Å². The number of fused-ring (bicyclic) bond motifs is 1. The minimum atomic E-state index is -2.26. The highest BCUT2D eigenvalue weighted by Gasteiger charge is 2.22. The molecule has 1 aliphatic heterocycles. The van der Waals surface area contributed by atoms with E-state index in [-0.39, 0.29) is 11.4 Å². The molecule has 31 heavy (non-hydrogen) atoms. The van der Waals surface area contributed by atoms with Crippen molar-refractivity contribution in [3.05, 3.63) is 64.7 Å². The molecular weight excluding hydrogens is 419 g/mol. The number of benzene rings is 2. The summed E-state index contributed by atoms with van der Waals surface area (Å²) in [6.07, 6.45) is 3.79. The van der Waals surface area contributed by atoms with Crippen LogP contribution in [0.3, 0.4) is 0 Å². The van der Waals surface area contributed by atoms with Gasteiger partial charge in [0.15, 0.2) is 5.82 Å². The Labute approximate surface area is 182 Å². The summed E-state index contributed by atoms with van der Waals surface area (Å²) in [4.78, 5) is 15.3. The fourth-order valence-corrected chi connectivity index (χ4v) is 4.45. The van der Waals surface area contributed by atoms with Gasteiger partial charge in [-0.3, -0.25) is 9.00 Å². The smallest absolute Gasteiger partial charge is 0.279 e. The van der Waals surface area contributed by atoms with Crippen molar-refractivity contribution in [2.75, 3.05) is 24.5 Å². The van der Waals surface area contributed by atoms with Crippen LogP contribution in [0.15, 0.2) is 53.3 Å².